The second-order valence-electron chi connectivity index (χ2n) is 4.30. The summed E-state index contributed by atoms with van der Waals surface area (Å²) in [6.07, 6.45) is 2.28. The van der Waals surface area contributed by atoms with Crippen LogP contribution in [0.15, 0.2) is 21.8 Å². The highest BCUT2D eigenvalue weighted by Crippen LogP contribution is 2.16. The summed E-state index contributed by atoms with van der Waals surface area (Å²) in [6, 6.07) is 3.14. The number of thioether (sulfide) groups is 1. The molecule has 88 valence electrons. The van der Waals surface area contributed by atoms with Gasteiger partial charge in [-0.15, -0.1) is 0 Å². The number of nitrogens with zero attached hydrogens (tertiary/aromatic N) is 1. The Morgan fingerprint density at radius 2 is 2.50 bits per heavy atom. The number of hydrogen-bond donors (Lipinski definition) is 1. The number of amidine groups is 1. The minimum Gasteiger partial charge on any atom is -0.362 e. The average molecular weight is 254 g/mol. The first-order valence-corrected chi connectivity index (χ1v) is 7.65. The highest BCUT2D eigenvalue weighted by atomic mass is 32.2. The molecule has 0 aliphatic carbocycles. The molecule has 4 heteroatoms. The molecule has 2 rings (SSSR count). The third-order valence-electron chi connectivity index (χ3n) is 2.60. The van der Waals surface area contributed by atoms with Crippen LogP contribution in [0.3, 0.4) is 0 Å². The highest BCUT2D eigenvalue weighted by molar-refractivity contribution is 8.13. The van der Waals surface area contributed by atoms with Crippen molar-refractivity contribution in [3.05, 3.63) is 22.4 Å². The summed E-state index contributed by atoms with van der Waals surface area (Å²) >= 11 is 3.61. The smallest absolute Gasteiger partial charge is 0.157 e. The molecular formula is C12H18N2S2. The molecule has 1 aromatic rings. The van der Waals surface area contributed by atoms with Crippen LogP contribution < -0.4 is 5.32 Å². The van der Waals surface area contributed by atoms with E-state index in [2.05, 4.69) is 41.0 Å². The number of rotatable bonds is 3. The van der Waals surface area contributed by atoms with Crippen LogP contribution in [0.25, 0.3) is 0 Å². The van der Waals surface area contributed by atoms with Gasteiger partial charge in [0.15, 0.2) is 5.17 Å². The van der Waals surface area contributed by atoms with Crippen LogP contribution in [-0.4, -0.2) is 23.0 Å². The molecule has 0 bridgehead atoms. The molecule has 0 saturated heterocycles. The first-order chi connectivity index (χ1) is 7.74. The number of nitrogens with one attached hydrogen (secondary N) is 1. The fourth-order valence-corrected chi connectivity index (χ4v) is 3.60. The molecular weight excluding hydrogens is 236 g/mol. The Morgan fingerprint density at radius 3 is 3.19 bits per heavy atom. The lowest BCUT2D eigenvalue weighted by Gasteiger charge is -2.21. The quantitative estimate of drug-likeness (QED) is 0.896. The van der Waals surface area contributed by atoms with Crippen LogP contribution in [0, 0.1) is 0 Å². The summed E-state index contributed by atoms with van der Waals surface area (Å²) in [4.78, 5) is 4.62. The molecule has 16 heavy (non-hydrogen) atoms. The summed E-state index contributed by atoms with van der Waals surface area (Å²) in [5.74, 6) is 1.19. The van der Waals surface area contributed by atoms with Crippen molar-refractivity contribution in [2.24, 2.45) is 4.99 Å². The van der Waals surface area contributed by atoms with Gasteiger partial charge in [0.05, 0.1) is 6.04 Å². The average Bonchev–Trinajstić information content (AvgIpc) is 2.70. The van der Waals surface area contributed by atoms with E-state index in [-0.39, 0.29) is 0 Å². The van der Waals surface area contributed by atoms with Crippen molar-refractivity contribution in [3.8, 4) is 0 Å². The zero-order chi connectivity index (χ0) is 11.4. The van der Waals surface area contributed by atoms with E-state index in [1.807, 2.05) is 11.8 Å². The van der Waals surface area contributed by atoms with Crippen LogP contribution in [0.2, 0.25) is 0 Å². The van der Waals surface area contributed by atoms with Crippen molar-refractivity contribution in [3.63, 3.8) is 0 Å². The molecule has 2 atom stereocenters. The molecule has 0 radical (unpaired) electrons. The fraction of sp³-hybridized carbons (Fsp3) is 0.583. The molecule has 0 amide bonds. The van der Waals surface area contributed by atoms with Gasteiger partial charge in [-0.1, -0.05) is 11.8 Å². The zero-order valence-electron chi connectivity index (χ0n) is 9.77. The molecule has 1 N–H and O–H groups in total. The van der Waals surface area contributed by atoms with Crippen molar-refractivity contribution < 1.29 is 0 Å². The maximum Gasteiger partial charge on any atom is 0.157 e. The Kier molecular flexibility index (Phi) is 4.29. The second-order valence-corrected chi connectivity index (χ2v) is 6.17. The third kappa shape index (κ3) is 3.52. The summed E-state index contributed by atoms with van der Waals surface area (Å²) in [6.45, 7) is 4.41. The van der Waals surface area contributed by atoms with Crippen molar-refractivity contribution in [2.75, 3.05) is 5.75 Å². The van der Waals surface area contributed by atoms with E-state index < -0.39 is 0 Å². The van der Waals surface area contributed by atoms with Crippen LogP contribution in [0.1, 0.15) is 25.8 Å². The van der Waals surface area contributed by atoms with E-state index in [1.54, 1.807) is 11.3 Å². The van der Waals surface area contributed by atoms with Gasteiger partial charge in [0.1, 0.15) is 0 Å². The maximum absolute atomic E-state index is 4.62. The molecule has 0 aromatic carbocycles. The minimum absolute atomic E-state index is 0.464. The van der Waals surface area contributed by atoms with Gasteiger partial charge in [0.25, 0.3) is 0 Å². The number of hydrogen-bond acceptors (Lipinski definition) is 4. The van der Waals surface area contributed by atoms with Gasteiger partial charge >= 0.3 is 0 Å². The van der Waals surface area contributed by atoms with Gasteiger partial charge < -0.3 is 5.32 Å². The van der Waals surface area contributed by atoms with Crippen molar-refractivity contribution in [1.82, 2.24) is 5.32 Å². The first kappa shape index (κ1) is 12.0. The van der Waals surface area contributed by atoms with Crippen LogP contribution in [0.5, 0.6) is 0 Å². The lowest BCUT2D eigenvalue weighted by molar-refractivity contribution is 0.650. The molecule has 2 nitrogen and oxygen atoms in total. The summed E-state index contributed by atoms with van der Waals surface area (Å²) < 4.78 is 0. The molecule has 0 saturated carbocycles. The number of thiophene rings is 1. The summed E-state index contributed by atoms with van der Waals surface area (Å²) in [5.41, 5.74) is 1.42. The van der Waals surface area contributed by atoms with E-state index in [1.165, 1.54) is 17.7 Å². The molecule has 1 aliphatic heterocycles. The van der Waals surface area contributed by atoms with Crippen molar-refractivity contribution in [1.29, 1.82) is 0 Å². The Labute approximate surface area is 106 Å². The normalized spacial score (nSPS) is 22.6. The molecule has 2 heterocycles. The minimum atomic E-state index is 0.464. The zero-order valence-corrected chi connectivity index (χ0v) is 11.4. The molecule has 2 unspecified atom stereocenters. The largest absolute Gasteiger partial charge is 0.362 e. The van der Waals surface area contributed by atoms with Crippen LogP contribution in [0.4, 0.5) is 0 Å². The monoisotopic (exact) mass is 254 g/mol. The van der Waals surface area contributed by atoms with E-state index in [0.717, 1.165) is 11.6 Å². The SMILES string of the molecule is CC1CCSC(NC(C)Cc2ccsc2)=N1. The molecule has 1 aliphatic rings. The Balaban J connectivity index is 1.85. The van der Waals surface area contributed by atoms with Crippen LogP contribution >= 0.6 is 23.1 Å². The van der Waals surface area contributed by atoms with Gasteiger partial charge in [-0.3, -0.25) is 4.99 Å². The van der Waals surface area contributed by atoms with E-state index in [4.69, 9.17) is 0 Å². The van der Waals surface area contributed by atoms with Gasteiger partial charge in [-0.2, -0.15) is 11.3 Å². The molecule has 0 spiro atoms. The number of aliphatic imine (C=N–C) groups is 1. The van der Waals surface area contributed by atoms with Gasteiger partial charge in [-0.05, 0) is 49.1 Å². The van der Waals surface area contributed by atoms with Crippen molar-refractivity contribution >= 4 is 28.3 Å². The maximum atomic E-state index is 4.62. The highest BCUT2D eigenvalue weighted by Gasteiger charge is 2.13. The lowest BCUT2D eigenvalue weighted by Crippen LogP contribution is -2.34. The predicted molar refractivity (Wildman–Crippen MR) is 74.6 cm³/mol. The van der Waals surface area contributed by atoms with Crippen molar-refractivity contribution in [2.45, 2.75) is 38.8 Å². The first-order valence-electron chi connectivity index (χ1n) is 5.72. The van der Waals surface area contributed by atoms with Gasteiger partial charge in [0, 0.05) is 11.8 Å². The fourth-order valence-electron chi connectivity index (χ4n) is 1.73. The van der Waals surface area contributed by atoms with Gasteiger partial charge in [-0.25, -0.2) is 0 Å². The Bertz CT molecular complexity index is 346. The summed E-state index contributed by atoms with van der Waals surface area (Å²) in [5, 5.41) is 8.99. The molecule has 1 aromatic heterocycles. The third-order valence-corrected chi connectivity index (χ3v) is 4.27. The summed E-state index contributed by atoms with van der Waals surface area (Å²) in [7, 11) is 0. The second kappa shape index (κ2) is 5.73. The predicted octanol–water partition coefficient (Wildman–Crippen LogP) is 3.15. The van der Waals surface area contributed by atoms with Gasteiger partial charge in [0.2, 0.25) is 0 Å². The lowest BCUT2D eigenvalue weighted by atomic mass is 10.1. The molecule has 0 fully saturated rings. The standard InChI is InChI=1S/C12H18N2S2/c1-9-3-6-16-12(13-9)14-10(2)7-11-4-5-15-8-11/h4-5,8-10H,3,6-7H2,1-2H3,(H,13,14). The Morgan fingerprint density at radius 1 is 1.62 bits per heavy atom. The van der Waals surface area contributed by atoms with E-state index in [9.17, 15) is 0 Å². The topological polar surface area (TPSA) is 24.4 Å². The van der Waals surface area contributed by atoms with Crippen LogP contribution in [-0.2, 0) is 6.42 Å². The van der Waals surface area contributed by atoms with E-state index >= 15 is 0 Å². The Hall–Kier alpha value is -0.480. The van der Waals surface area contributed by atoms with E-state index in [0.29, 0.717) is 12.1 Å².